The van der Waals surface area contributed by atoms with Gasteiger partial charge >= 0.3 is 5.97 Å². The molecule has 0 radical (unpaired) electrons. The second-order valence-electron chi connectivity index (χ2n) is 19.4. The van der Waals surface area contributed by atoms with Crippen molar-refractivity contribution in [2.45, 2.75) is 205 Å². The van der Waals surface area contributed by atoms with E-state index in [2.05, 4.69) is 20.9 Å². The third-order valence-electron chi connectivity index (χ3n) is 14.0. The molecule has 1 aromatic rings. The first-order valence-electron chi connectivity index (χ1n) is 23.0. The lowest BCUT2D eigenvalue weighted by molar-refractivity contribution is -0.335. The fourth-order valence-corrected chi connectivity index (χ4v) is 10.1. The number of rotatable bonds is 13. The fourth-order valence-electron chi connectivity index (χ4n) is 9.90. The highest BCUT2D eigenvalue weighted by atomic mass is 35.5. The van der Waals surface area contributed by atoms with Gasteiger partial charge in [0.25, 0.3) is 0 Å². The van der Waals surface area contributed by atoms with Crippen LogP contribution in [0.1, 0.15) is 114 Å². The molecule has 3 fully saturated rings. The third kappa shape index (κ3) is 12.4. The van der Waals surface area contributed by atoms with Gasteiger partial charge in [0.2, 0.25) is 0 Å². The van der Waals surface area contributed by atoms with Crippen molar-refractivity contribution in [3.63, 3.8) is 0 Å². The van der Waals surface area contributed by atoms with Crippen LogP contribution in [0.2, 0.25) is 5.15 Å². The Morgan fingerprint density at radius 2 is 1.70 bits per heavy atom. The van der Waals surface area contributed by atoms with E-state index in [1.165, 1.54) is 6.92 Å². The van der Waals surface area contributed by atoms with Crippen LogP contribution in [0.25, 0.3) is 0 Å². The van der Waals surface area contributed by atoms with Crippen molar-refractivity contribution in [2.24, 2.45) is 17.8 Å². The number of aliphatic hydroxyl groups is 4. The summed E-state index contributed by atoms with van der Waals surface area (Å²) in [6, 6.07) is 0.855. The fraction of sp³-hybridized carbons (Fsp3) is 0.870. The van der Waals surface area contributed by atoms with E-state index >= 15 is 0 Å². The molecule has 0 aliphatic carbocycles. The highest BCUT2D eigenvalue weighted by Gasteiger charge is 2.58. The van der Waals surface area contributed by atoms with Crippen molar-refractivity contribution >= 4 is 17.6 Å². The van der Waals surface area contributed by atoms with E-state index in [1.807, 2.05) is 48.6 Å². The lowest BCUT2D eigenvalue weighted by Gasteiger charge is -2.53. The van der Waals surface area contributed by atoms with Crippen molar-refractivity contribution in [2.75, 3.05) is 33.8 Å². The van der Waals surface area contributed by atoms with Gasteiger partial charge < -0.3 is 69.5 Å². The van der Waals surface area contributed by atoms with E-state index in [4.69, 9.17) is 44.8 Å². The molecular formula is C46H81ClN4O12. The molecule has 18 atom stereocenters. The van der Waals surface area contributed by atoms with E-state index in [1.54, 1.807) is 54.0 Å². The number of hydrogen-bond acceptors (Lipinski definition) is 16. The molecule has 0 aromatic carbocycles. The number of aliphatic hydroxyl groups excluding tert-OH is 1. The Balaban J connectivity index is 1.85. The van der Waals surface area contributed by atoms with Crippen molar-refractivity contribution < 1.29 is 58.4 Å². The summed E-state index contributed by atoms with van der Waals surface area (Å²) in [7, 11) is 3.38. The molecule has 3 aliphatic heterocycles. The molecule has 0 amide bonds. The maximum absolute atomic E-state index is 14.5. The van der Waals surface area contributed by atoms with Crippen LogP contribution in [0.3, 0.4) is 0 Å². The zero-order chi connectivity index (χ0) is 47.2. The minimum Gasteiger partial charge on any atom is -0.482 e. The monoisotopic (exact) mass is 917 g/mol. The number of hydrogen-bond donors (Lipinski definition) is 7. The molecule has 4 rings (SSSR count). The van der Waals surface area contributed by atoms with Crippen LogP contribution < -0.4 is 20.7 Å². The van der Waals surface area contributed by atoms with Gasteiger partial charge in [0, 0.05) is 32.0 Å². The number of nitrogens with one attached hydrogen (secondary N) is 3. The molecular weight excluding hydrogens is 836 g/mol. The number of carbonyl (C=O) groups is 1. The molecule has 0 unspecified atom stereocenters. The zero-order valence-corrected chi connectivity index (χ0v) is 41.0. The van der Waals surface area contributed by atoms with Crippen molar-refractivity contribution in [1.82, 2.24) is 20.9 Å². The summed E-state index contributed by atoms with van der Waals surface area (Å²) < 4.78 is 46.0. The van der Waals surface area contributed by atoms with Crippen LogP contribution in [-0.4, -0.2) is 155 Å². The Morgan fingerprint density at radius 3 is 2.30 bits per heavy atom. The SMILES string of the molecule is CCCNC[C@]1(O)[C@H](C)O[C@@H](O[C@H]2[C@H](C)[C@@H](O[C@@H]3O[C@H](C)C[C@H](NC)[C@H]3Oc3cnc(Cl)cc3C)[C@](C)(O)C[C@@H](C)CN[C@H](C)[C@@H](O)[C@](C)(O)[C@@H](CC)OC(=O)[C@@H]2C)C[C@@]1(C)OC. The van der Waals surface area contributed by atoms with Crippen molar-refractivity contribution in [3.8, 4) is 5.75 Å². The second kappa shape index (κ2) is 22.4. The minimum atomic E-state index is -1.83. The Bertz CT molecular complexity index is 1610. The number of aromatic nitrogens is 1. The summed E-state index contributed by atoms with van der Waals surface area (Å²) >= 11 is 6.22. The van der Waals surface area contributed by atoms with E-state index in [0.29, 0.717) is 30.4 Å². The number of pyridine rings is 1. The first-order valence-corrected chi connectivity index (χ1v) is 23.4. The standard InChI is InChI=1S/C46H81ClN4O12/c1-15-17-49-24-46(56)31(9)59-36(21-44(46,11)57-14)62-37-28(6)40(63-42-38(32(48-13)19-27(5)58-42)60-33-23-51-35(47)18-26(33)4)43(10,54)20-25(3)22-50-30(8)39(52)45(12,55)34(16-2)61-41(53)29(37)7/h18,23,25,27-32,34,36-40,42,48-50,52,54-56H,15-17,19-22,24H2,1-14H3/t25-,27-,28+,29-,30-,31+,32+,34-,36+,37+,38-,39-,40-,42+,43-,44-,45-,46+/m1/s1. The van der Waals surface area contributed by atoms with Crippen molar-refractivity contribution in [3.05, 3.63) is 23.0 Å². The van der Waals surface area contributed by atoms with Gasteiger partial charge in [0.1, 0.15) is 39.9 Å². The van der Waals surface area contributed by atoms with Crippen molar-refractivity contribution in [1.29, 1.82) is 0 Å². The van der Waals surface area contributed by atoms with Gasteiger partial charge in [-0.1, -0.05) is 39.3 Å². The average molecular weight is 918 g/mol. The number of nitrogens with zero attached hydrogens (tertiary/aromatic N) is 1. The first kappa shape index (κ1) is 53.8. The maximum atomic E-state index is 14.5. The van der Waals surface area contributed by atoms with Crippen LogP contribution in [-0.2, 0) is 33.2 Å². The predicted octanol–water partition coefficient (Wildman–Crippen LogP) is 4.03. The molecule has 1 aromatic heterocycles. The van der Waals surface area contributed by atoms with Gasteiger partial charge in [-0.15, -0.1) is 0 Å². The second-order valence-corrected chi connectivity index (χ2v) is 19.8. The number of carbonyl (C=O) groups excluding carboxylic acids is 1. The number of esters is 1. The molecule has 17 heteroatoms. The molecule has 0 spiro atoms. The average Bonchev–Trinajstić information content (AvgIpc) is 3.22. The largest absolute Gasteiger partial charge is 0.482 e. The number of ether oxygens (including phenoxy) is 7. The summed E-state index contributed by atoms with van der Waals surface area (Å²) in [5, 5.41) is 58.6. The molecule has 364 valence electrons. The molecule has 7 N–H and O–H groups in total. The van der Waals surface area contributed by atoms with Crippen LogP contribution in [0.4, 0.5) is 0 Å². The maximum Gasteiger partial charge on any atom is 0.311 e. The molecule has 4 heterocycles. The zero-order valence-electron chi connectivity index (χ0n) is 40.3. The van der Waals surface area contributed by atoms with Crippen LogP contribution in [0.5, 0.6) is 5.75 Å². The van der Waals surface area contributed by atoms with Crippen LogP contribution in [0.15, 0.2) is 12.3 Å². The topological polar surface area (TPSA) is 212 Å². The highest BCUT2D eigenvalue weighted by Crippen LogP contribution is 2.43. The van der Waals surface area contributed by atoms with Gasteiger partial charge in [-0.25, -0.2) is 4.98 Å². The molecule has 3 aliphatic rings. The van der Waals surface area contributed by atoms with Crippen LogP contribution >= 0.6 is 11.6 Å². The Morgan fingerprint density at radius 1 is 1.02 bits per heavy atom. The predicted molar refractivity (Wildman–Crippen MR) is 239 cm³/mol. The molecule has 16 nitrogen and oxygen atoms in total. The number of cyclic esters (lactones) is 1. The quantitative estimate of drug-likeness (QED) is 0.0846. The molecule has 3 saturated heterocycles. The number of likely N-dealkylation sites (N-methyl/N-ethyl adjacent to an activating group) is 1. The number of halogens is 1. The lowest BCUT2D eigenvalue weighted by Crippen LogP contribution is -2.70. The minimum absolute atomic E-state index is 0.0849. The lowest BCUT2D eigenvalue weighted by atomic mass is 9.75. The summed E-state index contributed by atoms with van der Waals surface area (Å²) in [6.45, 7) is 22.9. The van der Waals surface area contributed by atoms with E-state index in [9.17, 15) is 25.2 Å². The van der Waals surface area contributed by atoms with Gasteiger partial charge in [0.15, 0.2) is 18.7 Å². The van der Waals surface area contributed by atoms with Crippen LogP contribution in [0, 0.1) is 24.7 Å². The van der Waals surface area contributed by atoms with E-state index in [-0.39, 0.29) is 43.9 Å². The summed E-state index contributed by atoms with van der Waals surface area (Å²) in [4.78, 5) is 18.8. The molecule has 0 saturated carbocycles. The summed E-state index contributed by atoms with van der Waals surface area (Å²) in [5.41, 5.74) is -5.26. The summed E-state index contributed by atoms with van der Waals surface area (Å²) in [6.07, 6.45) is -4.85. The Labute approximate surface area is 381 Å². The van der Waals surface area contributed by atoms with E-state index in [0.717, 1.165) is 12.0 Å². The Hall–Kier alpha value is -1.77. The smallest absolute Gasteiger partial charge is 0.311 e. The molecule has 63 heavy (non-hydrogen) atoms. The summed E-state index contributed by atoms with van der Waals surface area (Å²) in [5.74, 6) is -2.23. The molecule has 0 bridgehead atoms. The van der Waals surface area contributed by atoms with Gasteiger partial charge in [-0.3, -0.25) is 4.79 Å². The first-order chi connectivity index (χ1) is 29.4. The highest BCUT2D eigenvalue weighted by molar-refractivity contribution is 6.29. The normalized spacial score (nSPS) is 43.7. The van der Waals surface area contributed by atoms with Gasteiger partial charge in [-0.2, -0.15) is 0 Å². The number of aryl methyl sites for hydroxylation is 1. The Kier molecular flexibility index (Phi) is 19.1. The van der Waals surface area contributed by atoms with Gasteiger partial charge in [0.05, 0.1) is 48.2 Å². The van der Waals surface area contributed by atoms with E-state index < -0.39 is 95.5 Å². The van der Waals surface area contributed by atoms with Gasteiger partial charge in [-0.05, 0) is 119 Å². The number of methoxy groups -OCH3 is 1. The third-order valence-corrected chi connectivity index (χ3v) is 14.2.